The number of alkyl halides is 2. The van der Waals surface area contributed by atoms with Crippen LogP contribution in [0.25, 0.3) is 0 Å². The summed E-state index contributed by atoms with van der Waals surface area (Å²) >= 11 is 0. The molecule has 0 saturated heterocycles. The van der Waals surface area contributed by atoms with Gasteiger partial charge in [-0.3, -0.25) is 0 Å². The van der Waals surface area contributed by atoms with E-state index in [9.17, 15) is 8.78 Å². The first kappa shape index (κ1) is 5.82. The molecule has 0 amide bonds. The number of hydrogen-bond acceptors (Lipinski definition) is 1. The number of rotatable bonds is 1. The van der Waals surface area contributed by atoms with Gasteiger partial charge in [0.1, 0.15) is 6.67 Å². The minimum Gasteiger partial charge on any atom is -0.360 e. The summed E-state index contributed by atoms with van der Waals surface area (Å²) in [6.45, 7) is -0.583. The molecule has 0 bridgehead atoms. The number of hydrogen-bond donors (Lipinski definition) is 1. The molecule has 0 aliphatic heterocycles. The molecule has 1 N–H and O–H groups in total. The van der Waals surface area contributed by atoms with Gasteiger partial charge in [0, 0.05) is 0 Å². The highest BCUT2D eigenvalue weighted by Crippen LogP contribution is 2.02. The molecule has 0 aliphatic rings. The van der Waals surface area contributed by atoms with Gasteiger partial charge >= 0.3 is 0 Å². The smallest absolute Gasteiger partial charge is 0.232 e. The van der Waals surface area contributed by atoms with Gasteiger partial charge in [0.15, 0.2) is 0 Å². The minimum atomic E-state index is -2.62. The van der Waals surface area contributed by atoms with Crippen LogP contribution >= 0.6 is 0 Å². The van der Waals surface area contributed by atoms with Crippen LogP contribution in [0.15, 0.2) is 0 Å². The van der Waals surface area contributed by atoms with Crippen molar-refractivity contribution in [3.05, 3.63) is 0 Å². The van der Waals surface area contributed by atoms with Crippen molar-refractivity contribution >= 4 is 0 Å². The van der Waals surface area contributed by atoms with Crippen LogP contribution in [0.5, 0.6) is 0 Å². The van der Waals surface area contributed by atoms with E-state index in [2.05, 4.69) is 0 Å². The fourth-order valence-electron chi connectivity index (χ4n) is 0. The first-order valence-electron chi connectivity index (χ1n) is 1.53. The van der Waals surface area contributed by atoms with Crippen LogP contribution in [-0.2, 0) is 0 Å². The fourth-order valence-corrected chi connectivity index (χ4v) is 0. The highest BCUT2D eigenvalue weighted by atomic mass is 19.2. The number of halogens is 2. The quantitative estimate of drug-likeness (QED) is 0.507. The summed E-state index contributed by atoms with van der Waals surface area (Å²) in [6, 6.07) is 0. The lowest BCUT2D eigenvalue weighted by Crippen LogP contribution is -2.18. The van der Waals surface area contributed by atoms with Gasteiger partial charge in [0.2, 0.25) is 5.85 Å². The molecule has 3 heteroatoms. The van der Waals surface area contributed by atoms with Gasteiger partial charge < -0.3 is 5.11 Å². The van der Waals surface area contributed by atoms with Crippen molar-refractivity contribution in [1.29, 1.82) is 0 Å². The van der Waals surface area contributed by atoms with E-state index in [1.807, 2.05) is 0 Å². The second-order valence-corrected chi connectivity index (χ2v) is 1.28. The summed E-state index contributed by atoms with van der Waals surface area (Å²) in [5.74, 6) is -2.62. The zero-order valence-electron chi connectivity index (χ0n) is 3.41. The second kappa shape index (κ2) is 1.51. The Morgan fingerprint density at radius 1 is 1.83 bits per heavy atom. The van der Waals surface area contributed by atoms with Gasteiger partial charge in [-0.05, 0) is 6.92 Å². The standard InChI is InChI=1S/C3H6F2O/c1-3(5,6)2-4/h6H,2H2,1H3/t3-/m1/s1. The Labute approximate surface area is 34.6 Å². The predicted molar refractivity (Wildman–Crippen MR) is 17.7 cm³/mol. The average Bonchev–Trinajstić information content (AvgIpc) is 1.35. The van der Waals surface area contributed by atoms with E-state index in [0.717, 1.165) is 6.92 Å². The van der Waals surface area contributed by atoms with Crippen molar-refractivity contribution in [2.75, 3.05) is 6.67 Å². The molecule has 0 saturated carbocycles. The molecule has 0 aromatic rings. The zero-order chi connectivity index (χ0) is 5.21. The van der Waals surface area contributed by atoms with Gasteiger partial charge in [-0.15, -0.1) is 0 Å². The summed E-state index contributed by atoms with van der Waals surface area (Å²) in [5.41, 5.74) is 0. The summed E-state index contributed by atoms with van der Waals surface area (Å²) < 4.78 is 22.2. The lowest BCUT2D eigenvalue weighted by atomic mass is 10.4. The van der Waals surface area contributed by atoms with Gasteiger partial charge in [0.05, 0.1) is 0 Å². The molecule has 0 heterocycles. The molecule has 1 atom stereocenters. The first-order chi connectivity index (χ1) is 2.56. The second-order valence-electron chi connectivity index (χ2n) is 1.28. The van der Waals surface area contributed by atoms with Crippen LogP contribution in [0.4, 0.5) is 8.78 Å². The third kappa shape index (κ3) is 3.82. The Morgan fingerprint density at radius 2 is 2.00 bits per heavy atom. The van der Waals surface area contributed by atoms with Crippen LogP contribution in [0.3, 0.4) is 0 Å². The Hall–Kier alpha value is -0.180. The third-order valence-electron chi connectivity index (χ3n) is 0.244. The molecule has 1 nitrogen and oxygen atoms in total. The summed E-state index contributed by atoms with van der Waals surface area (Å²) in [5, 5.41) is 7.78. The van der Waals surface area contributed by atoms with E-state index >= 15 is 0 Å². The molecule has 6 heavy (non-hydrogen) atoms. The van der Waals surface area contributed by atoms with Gasteiger partial charge in [-0.25, -0.2) is 8.78 Å². The van der Waals surface area contributed by atoms with Gasteiger partial charge in [0.25, 0.3) is 0 Å². The van der Waals surface area contributed by atoms with Crippen LogP contribution in [-0.4, -0.2) is 17.6 Å². The highest BCUT2D eigenvalue weighted by Gasteiger charge is 2.15. The minimum absolute atomic E-state index is 0.757. The molecule has 38 valence electrons. The Balaban J connectivity index is 3.17. The molecular weight excluding hydrogens is 90.0 g/mol. The maximum absolute atomic E-state index is 11.3. The highest BCUT2D eigenvalue weighted by molar-refractivity contribution is 4.49. The summed E-state index contributed by atoms with van der Waals surface area (Å²) in [7, 11) is 0. The van der Waals surface area contributed by atoms with Crippen molar-refractivity contribution in [1.82, 2.24) is 0 Å². The van der Waals surface area contributed by atoms with E-state index in [1.165, 1.54) is 0 Å². The van der Waals surface area contributed by atoms with Crippen LogP contribution in [0, 0.1) is 0 Å². The Kier molecular flexibility index (Phi) is 1.47. The largest absolute Gasteiger partial charge is 0.360 e. The van der Waals surface area contributed by atoms with E-state index in [4.69, 9.17) is 5.11 Å². The molecule has 0 aromatic heterocycles. The monoisotopic (exact) mass is 96.0 g/mol. The fraction of sp³-hybridized carbons (Fsp3) is 1.00. The van der Waals surface area contributed by atoms with Crippen molar-refractivity contribution in [2.45, 2.75) is 12.8 Å². The molecule has 0 fully saturated rings. The molecule has 0 rings (SSSR count). The molecular formula is C3H6F2O. The maximum atomic E-state index is 11.3. The van der Waals surface area contributed by atoms with Crippen molar-refractivity contribution in [2.24, 2.45) is 0 Å². The topological polar surface area (TPSA) is 20.2 Å². The normalized spacial score (nSPS) is 20.0. The lowest BCUT2D eigenvalue weighted by Gasteiger charge is -2.03. The van der Waals surface area contributed by atoms with Crippen molar-refractivity contribution < 1.29 is 13.9 Å². The van der Waals surface area contributed by atoms with Gasteiger partial charge in [-0.2, -0.15) is 0 Å². The lowest BCUT2D eigenvalue weighted by molar-refractivity contribution is -0.0863. The molecule has 0 spiro atoms. The van der Waals surface area contributed by atoms with Crippen LogP contribution in [0.2, 0.25) is 0 Å². The van der Waals surface area contributed by atoms with E-state index in [0.29, 0.717) is 0 Å². The zero-order valence-corrected chi connectivity index (χ0v) is 3.41. The molecule has 0 aromatic carbocycles. The number of aliphatic hydroxyl groups is 1. The van der Waals surface area contributed by atoms with E-state index in [-0.39, 0.29) is 0 Å². The average molecular weight is 96.1 g/mol. The van der Waals surface area contributed by atoms with E-state index < -0.39 is 12.5 Å². The van der Waals surface area contributed by atoms with Crippen molar-refractivity contribution in [3.8, 4) is 0 Å². The SMILES string of the molecule is C[C@](O)(F)CF. The molecule has 0 aliphatic carbocycles. The van der Waals surface area contributed by atoms with Crippen LogP contribution in [0.1, 0.15) is 6.92 Å². The van der Waals surface area contributed by atoms with Gasteiger partial charge in [-0.1, -0.05) is 0 Å². The van der Waals surface area contributed by atoms with Crippen molar-refractivity contribution in [3.63, 3.8) is 0 Å². The summed E-state index contributed by atoms with van der Waals surface area (Å²) in [4.78, 5) is 0. The Morgan fingerprint density at radius 3 is 2.00 bits per heavy atom. The summed E-state index contributed by atoms with van der Waals surface area (Å²) in [6.07, 6.45) is 0. The molecule has 0 unspecified atom stereocenters. The first-order valence-corrected chi connectivity index (χ1v) is 1.53. The molecule has 0 radical (unpaired) electrons. The predicted octanol–water partition coefficient (Wildman–Crippen LogP) is 0.634. The Bertz CT molecular complexity index is 38.5. The third-order valence-corrected chi connectivity index (χ3v) is 0.244. The van der Waals surface area contributed by atoms with E-state index in [1.54, 1.807) is 0 Å². The maximum Gasteiger partial charge on any atom is 0.232 e. The van der Waals surface area contributed by atoms with Crippen LogP contribution < -0.4 is 0 Å².